The van der Waals surface area contributed by atoms with Crippen molar-refractivity contribution < 1.29 is 14.3 Å². The van der Waals surface area contributed by atoms with Gasteiger partial charge < -0.3 is 9.64 Å². The fourth-order valence-corrected chi connectivity index (χ4v) is 5.69. The third-order valence-electron chi connectivity index (χ3n) is 6.61. The van der Waals surface area contributed by atoms with Gasteiger partial charge in [-0.15, -0.1) is 11.3 Å². The maximum atomic E-state index is 13.2. The minimum Gasteiger partial charge on any atom is -0.461 e. The Balaban J connectivity index is 1.36. The molecule has 180 valence electrons. The van der Waals surface area contributed by atoms with Crippen molar-refractivity contribution >= 4 is 33.3 Å². The quantitative estimate of drug-likeness (QED) is 0.314. The van der Waals surface area contributed by atoms with Gasteiger partial charge in [-0.25, -0.2) is 4.79 Å². The molecule has 6 nitrogen and oxygen atoms in total. The molecule has 0 bridgehead atoms. The van der Waals surface area contributed by atoms with E-state index in [1.165, 1.54) is 5.56 Å². The lowest BCUT2D eigenvalue weighted by molar-refractivity contribution is 0.0517. The van der Waals surface area contributed by atoms with Crippen LogP contribution < -0.4 is 0 Å². The first-order chi connectivity index (χ1) is 17.1. The summed E-state index contributed by atoms with van der Waals surface area (Å²) in [5.41, 5.74) is 3.52. The summed E-state index contributed by atoms with van der Waals surface area (Å²) >= 11 is 1.55. The van der Waals surface area contributed by atoms with Crippen LogP contribution in [-0.4, -0.2) is 46.3 Å². The molecule has 7 heteroatoms. The van der Waals surface area contributed by atoms with Gasteiger partial charge in [-0.05, 0) is 60.9 Å². The van der Waals surface area contributed by atoms with E-state index in [0.717, 1.165) is 45.5 Å². The third kappa shape index (κ3) is 4.73. The molecular weight excluding hydrogens is 458 g/mol. The standard InChI is InChI=1S/C28H29N3O3S/c1-3-19-9-11-20(12-10-19)24-18-23(28(33)34-4-2)29-31(24)22-13-15-30(16-14-22)27(32)26-17-21-7-5-6-8-25(21)35-26/h5-12,17-18,22H,3-4,13-16H2,1-2H3. The van der Waals surface area contributed by atoms with Gasteiger partial charge in [0, 0.05) is 17.8 Å². The van der Waals surface area contributed by atoms with Crippen molar-refractivity contribution in [3.05, 3.63) is 76.8 Å². The molecule has 1 amide bonds. The Morgan fingerprint density at radius 1 is 1.03 bits per heavy atom. The van der Waals surface area contributed by atoms with Crippen LogP contribution in [-0.2, 0) is 11.2 Å². The van der Waals surface area contributed by atoms with Crippen LogP contribution >= 0.6 is 11.3 Å². The van der Waals surface area contributed by atoms with Crippen LogP contribution in [0.5, 0.6) is 0 Å². The fourth-order valence-electron chi connectivity index (χ4n) is 4.66. The monoisotopic (exact) mass is 487 g/mol. The van der Waals surface area contributed by atoms with E-state index in [4.69, 9.17) is 4.74 Å². The number of rotatable bonds is 6. The molecule has 0 N–H and O–H groups in total. The van der Waals surface area contributed by atoms with Crippen LogP contribution in [0, 0.1) is 0 Å². The molecule has 2 aromatic heterocycles. The Bertz CT molecular complexity index is 1310. The molecule has 5 rings (SSSR count). The SMILES string of the molecule is CCOC(=O)c1cc(-c2ccc(CC)cc2)n(C2CCN(C(=O)c3cc4ccccc4s3)CC2)n1. The molecule has 0 unspecified atom stereocenters. The lowest BCUT2D eigenvalue weighted by Crippen LogP contribution is -2.39. The van der Waals surface area contributed by atoms with E-state index in [0.29, 0.717) is 25.4 Å². The van der Waals surface area contributed by atoms with Crippen molar-refractivity contribution in [1.29, 1.82) is 0 Å². The second-order valence-corrected chi connectivity index (χ2v) is 9.89. The number of thiophene rings is 1. The predicted molar refractivity (Wildman–Crippen MR) is 139 cm³/mol. The van der Waals surface area contributed by atoms with E-state index in [2.05, 4.69) is 42.4 Å². The zero-order valence-electron chi connectivity index (χ0n) is 20.1. The highest BCUT2D eigenvalue weighted by atomic mass is 32.1. The number of amides is 1. The van der Waals surface area contributed by atoms with Crippen molar-refractivity contribution in [2.75, 3.05) is 19.7 Å². The number of hydrogen-bond donors (Lipinski definition) is 0. The first-order valence-electron chi connectivity index (χ1n) is 12.2. The van der Waals surface area contributed by atoms with Crippen molar-refractivity contribution in [2.24, 2.45) is 0 Å². The van der Waals surface area contributed by atoms with Gasteiger partial charge in [0.05, 0.1) is 23.2 Å². The molecule has 1 fully saturated rings. The second kappa shape index (κ2) is 10.0. The Morgan fingerprint density at radius 3 is 2.46 bits per heavy atom. The number of carbonyl (C=O) groups is 2. The van der Waals surface area contributed by atoms with Crippen LogP contribution in [0.15, 0.2) is 60.7 Å². The van der Waals surface area contributed by atoms with Gasteiger partial charge in [0.2, 0.25) is 0 Å². The summed E-state index contributed by atoms with van der Waals surface area (Å²) in [5, 5.41) is 5.78. The summed E-state index contributed by atoms with van der Waals surface area (Å²) in [5.74, 6) is -0.317. The van der Waals surface area contributed by atoms with Gasteiger partial charge in [-0.2, -0.15) is 5.10 Å². The van der Waals surface area contributed by atoms with Gasteiger partial charge in [-0.3, -0.25) is 9.48 Å². The van der Waals surface area contributed by atoms with Crippen molar-refractivity contribution in [2.45, 2.75) is 39.2 Å². The number of piperidine rings is 1. The van der Waals surface area contributed by atoms with Crippen LogP contribution in [0.25, 0.3) is 21.3 Å². The zero-order chi connectivity index (χ0) is 24.4. The first kappa shape index (κ1) is 23.3. The lowest BCUT2D eigenvalue weighted by Gasteiger charge is -2.32. The Morgan fingerprint density at radius 2 is 1.77 bits per heavy atom. The number of ether oxygens (including phenoxy) is 1. The number of esters is 1. The number of nitrogens with zero attached hydrogens (tertiary/aromatic N) is 3. The highest BCUT2D eigenvalue weighted by Crippen LogP contribution is 2.32. The van der Waals surface area contributed by atoms with Crippen molar-refractivity contribution in [1.82, 2.24) is 14.7 Å². The Labute approximate surface area is 209 Å². The summed E-state index contributed by atoms with van der Waals surface area (Å²) in [7, 11) is 0. The predicted octanol–water partition coefficient (Wildman–Crippen LogP) is 5.98. The number of aromatic nitrogens is 2. The Hall–Kier alpha value is -3.45. The molecule has 0 saturated carbocycles. The zero-order valence-corrected chi connectivity index (χ0v) is 20.9. The Kier molecular flexibility index (Phi) is 6.68. The highest BCUT2D eigenvalue weighted by Gasteiger charge is 2.28. The van der Waals surface area contributed by atoms with E-state index in [1.807, 2.05) is 39.9 Å². The van der Waals surface area contributed by atoms with Gasteiger partial charge >= 0.3 is 5.97 Å². The molecule has 0 aliphatic carbocycles. The highest BCUT2D eigenvalue weighted by molar-refractivity contribution is 7.20. The normalized spacial score (nSPS) is 14.4. The van der Waals surface area contributed by atoms with Gasteiger partial charge in [0.25, 0.3) is 5.91 Å². The number of benzene rings is 2. The number of aryl methyl sites for hydroxylation is 1. The fraction of sp³-hybridized carbons (Fsp3) is 0.321. The smallest absolute Gasteiger partial charge is 0.358 e. The molecule has 1 aliphatic rings. The average molecular weight is 488 g/mol. The number of hydrogen-bond acceptors (Lipinski definition) is 5. The topological polar surface area (TPSA) is 64.4 Å². The minimum atomic E-state index is -0.407. The molecule has 0 radical (unpaired) electrons. The lowest BCUT2D eigenvalue weighted by atomic mass is 10.0. The van der Waals surface area contributed by atoms with E-state index in [1.54, 1.807) is 18.3 Å². The van der Waals surface area contributed by atoms with Crippen molar-refractivity contribution in [3.8, 4) is 11.3 Å². The number of likely N-dealkylation sites (tertiary alicyclic amines) is 1. The van der Waals surface area contributed by atoms with E-state index in [-0.39, 0.29) is 11.9 Å². The summed E-state index contributed by atoms with van der Waals surface area (Å²) < 4.78 is 8.31. The molecule has 2 aromatic carbocycles. The van der Waals surface area contributed by atoms with Gasteiger partial charge in [0.1, 0.15) is 0 Å². The minimum absolute atomic E-state index is 0.0905. The molecule has 0 atom stereocenters. The summed E-state index contributed by atoms with van der Waals surface area (Å²) in [6.45, 7) is 5.54. The second-order valence-electron chi connectivity index (χ2n) is 8.80. The summed E-state index contributed by atoms with van der Waals surface area (Å²) in [6.07, 6.45) is 2.53. The maximum Gasteiger partial charge on any atom is 0.358 e. The van der Waals surface area contributed by atoms with Crippen LogP contribution in [0.3, 0.4) is 0 Å². The first-order valence-corrected chi connectivity index (χ1v) is 13.0. The average Bonchev–Trinajstić information content (AvgIpc) is 3.54. The molecule has 35 heavy (non-hydrogen) atoms. The molecule has 3 heterocycles. The van der Waals surface area contributed by atoms with E-state index >= 15 is 0 Å². The van der Waals surface area contributed by atoms with Crippen LogP contribution in [0.1, 0.15) is 58.5 Å². The molecule has 1 saturated heterocycles. The summed E-state index contributed by atoms with van der Waals surface area (Å²) in [4.78, 5) is 28.3. The molecule has 0 spiro atoms. The molecule has 4 aromatic rings. The van der Waals surface area contributed by atoms with E-state index in [9.17, 15) is 9.59 Å². The van der Waals surface area contributed by atoms with Crippen LogP contribution in [0.2, 0.25) is 0 Å². The van der Waals surface area contributed by atoms with Gasteiger partial charge in [-0.1, -0.05) is 49.4 Å². The number of fused-ring (bicyclic) bond motifs is 1. The largest absolute Gasteiger partial charge is 0.461 e. The van der Waals surface area contributed by atoms with Crippen molar-refractivity contribution in [3.63, 3.8) is 0 Å². The summed E-state index contributed by atoms with van der Waals surface area (Å²) in [6, 6.07) is 20.4. The van der Waals surface area contributed by atoms with Crippen LogP contribution in [0.4, 0.5) is 0 Å². The third-order valence-corrected chi connectivity index (χ3v) is 7.72. The van der Waals surface area contributed by atoms with Gasteiger partial charge in [0.15, 0.2) is 5.69 Å². The molecule has 1 aliphatic heterocycles. The van der Waals surface area contributed by atoms with E-state index < -0.39 is 5.97 Å². The maximum absolute atomic E-state index is 13.2. The number of carbonyl (C=O) groups excluding carboxylic acids is 2. The molecular formula is C28H29N3O3S.